The lowest BCUT2D eigenvalue weighted by Gasteiger charge is -2.06. The van der Waals surface area contributed by atoms with E-state index in [0.717, 1.165) is 16.8 Å². The minimum Gasteiger partial charge on any atom is -0.352 e. The Morgan fingerprint density at radius 3 is 2.60 bits per heavy atom. The Hall–Kier alpha value is -3.02. The van der Waals surface area contributed by atoms with E-state index in [2.05, 4.69) is 10.6 Å². The molecule has 0 aliphatic carbocycles. The van der Waals surface area contributed by atoms with Gasteiger partial charge in [-0.15, -0.1) is 0 Å². The smallest absolute Gasteiger partial charge is 0.228 e. The van der Waals surface area contributed by atoms with Crippen molar-refractivity contribution in [3.8, 4) is 0 Å². The van der Waals surface area contributed by atoms with Gasteiger partial charge < -0.3 is 10.6 Å². The summed E-state index contributed by atoms with van der Waals surface area (Å²) in [5.74, 6) is -0.790. The number of benzene rings is 2. The molecular formula is C19H17FN2O3. The highest BCUT2D eigenvalue weighted by molar-refractivity contribution is 6.02. The largest absolute Gasteiger partial charge is 0.352 e. The molecule has 5 nitrogen and oxygen atoms in total. The molecule has 2 N–H and O–H groups in total. The van der Waals surface area contributed by atoms with Crippen LogP contribution in [0.25, 0.3) is 0 Å². The van der Waals surface area contributed by atoms with E-state index in [1.165, 1.54) is 12.1 Å². The molecule has 0 saturated carbocycles. The summed E-state index contributed by atoms with van der Waals surface area (Å²) in [6, 6.07) is 10.9. The van der Waals surface area contributed by atoms with E-state index in [-0.39, 0.29) is 42.7 Å². The molecule has 0 saturated heterocycles. The van der Waals surface area contributed by atoms with Crippen molar-refractivity contribution < 1.29 is 18.8 Å². The molecule has 0 unspecified atom stereocenters. The van der Waals surface area contributed by atoms with Gasteiger partial charge in [0.05, 0.1) is 6.42 Å². The highest BCUT2D eigenvalue weighted by atomic mass is 19.1. The molecule has 0 fully saturated rings. The van der Waals surface area contributed by atoms with Crippen LogP contribution < -0.4 is 10.6 Å². The second kappa shape index (κ2) is 7.25. The van der Waals surface area contributed by atoms with Gasteiger partial charge in [0.1, 0.15) is 5.82 Å². The van der Waals surface area contributed by atoms with E-state index in [4.69, 9.17) is 0 Å². The average molecular weight is 340 g/mol. The van der Waals surface area contributed by atoms with Crippen LogP contribution in [0, 0.1) is 5.82 Å². The van der Waals surface area contributed by atoms with E-state index in [9.17, 15) is 18.8 Å². The number of carbonyl (C=O) groups is 3. The van der Waals surface area contributed by atoms with Crippen molar-refractivity contribution in [2.75, 3.05) is 5.32 Å². The Morgan fingerprint density at radius 1 is 1.08 bits per heavy atom. The molecule has 128 valence electrons. The number of Topliss-reactive ketones (excluding diaryl/α,β-unsaturated/α-hetero) is 1. The second-order valence-electron chi connectivity index (χ2n) is 5.92. The van der Waals surface area contributed by atoms with Gasteiger partial charge in [0.2, 0.25) is 11.8 Å². The summed E-state index contributed by atoms with van der Waals surface area (Å²) < 4.78 is 12.8. The molecular weight excluding hydrogens is 323 g/mol. The third-order valence-corrected chi connectivity index (χ3v) is 4.03. The first-order valence-electron chi connectivity index (χ1n) is 7.98. The van der Waals surface area contributed by atoms with E-state index < -0.39 is 0 Å². The Kier molecular flexibility index (Phi) is 4.88. The Bertz CT molecular complexity index is 831. The molecule has 1 aliphatic rings. The Morgan fingerprint density at radius 2 is 1.84 bits per heavy atom. The van der Waals surface area contributed by atoms with Gasteiger partial charge in [-0.25, -0.2) is 4.39 Å². The first-order chi connectivity index (χ1) is 12.0. The van der Waals surface area contributed by atoms with Crippen molar-refractivity contribution in [2.45, 2.75) is 25.8 Å². The molecule has 2 amide bonds. The normalized spacial score (nSPS) is 12.4. The van der Waals surface area contributed by atoms with Gasteiger partial charge in [-0.1, -0.05) is 12.1 Å². The zero-order valence-corrected chi connectivity index (χ0v) is 13.5. The van der Waals surface area contributed by atoms with Gasteiger partial charge in [0, 0.05) is 30.6 Å². The third kappa shape index (κ3) is 4.29. The lowest BCUT2D eigenvalue weighted by Crippen LogP contribution is -2.23. The van der Waals surface area contributed by atoms with Crippen LogP contribution in [0.3, 0.4) is 0 Å². The zero-order valence-electron chi connectivity index (χ0n) is 13.5. The molecule has 3 rings (SSSR count). The number of anilines is 1. The highest BCUT2D eigenvalue weighted by Crippen LogP contribution is 2.24. The Labute approximate surface area is 144 Å². The maximum Gasteiger partial charge on any atom is 0.228 e. The number of hydrogen-bond donors (Lipinski definition) is 2. The standard InChI is InChI=1S/C19H17FN2O3/c20-15-4-1-12(2-5-15)11-21-18(24)8-7-17(23)13-3-6-16-14(9-13)10-19(25)22-16/h1-6,9H,7-8,10-11H2,(H,21,24)(H,22,25). The fourth-order valence-electron chi connectivity index (χ4n) is 2.67. The summed E-state index contributed by atoms with van der Waals surface area (Å²) in [5, 5.41) is 5.42. The predicted octanol–water partition coefficient (Wildman–Crippen LogP) is 2.60. The summed E-state index contributed by atoms with van der Waals surface area (Å²) in [6.45, 7) is 0.292. The van der Waals surface area contributed by atoms with E-state index in [0.29, 0.717) is 12.1 Å². The SMILES string of the molecule is O=C(CCC(=O)c1ccc2c(c1)CC(=O)N2)NCc1ccc(F)cc1. The fourth-order valence-corrected chi connectivity index (χ4v) is 2.67. The van der Waals surface area contributed by atoms with Crippen molar-refractivity contribution >= 4 is 23.3 Å². The van der Waals surface area contributed by atoms with Crippen molar-refractivity contribution in [1.82, 2.24) is 5.32 Å². The molecule has 2 aromatic rings. The summed E-state index contributed by atoms with van der Waals surface area (Å²) >= 11 is 0. The van der Waals surface area contributed by atoms with Gasteiger partial charge in [0.25, 0.3) is 0 Å². The number of fused-ring (bicyclic) bond motifs is 1. The molecule has 0 spiro atoms. The molecule has 0 atom stereocenters. The molecule has 0 bridgehead atoms. The minimum absolute atomic E-state index is 0.0777. The van der Waals surface area contributed by atoms with Crippen LogP contribution in [0.2, 0.25) is 0 Å². The number of ketones is 1. The van der Waals surface area contributed by atoms with Crippen LogP contribution in [0.5, 0.6) is 0 Å². The van der Waals surface area contributed by atoms with E-state index >= 15 is 0 Å². The fraction of sp³-hybridized carbons (Fsp3) is 0.211. The molecule has 25 heavy (non-hydrogen) atoms. The van der Waals surface area contributed by atoms with Crippen molar-refractivity contribution in [2.24, 2.45) is 0 Å². The van der Waals surface area contributed by atoms with Crippen LogP contribution in [-0.4, -0.2) is 17.6 Å². The molecule has 2 aromatic carbocycles. The van der Waals surface area contributed by atoms with Crippen LogP contribution in [0.1, 0.15) is 34.3 Å². The van der Waals surface area contributed by atoms with Crippen molar-refractivity contribution in [3.05, 3.63) is 65.0 Å². The number of carbonyl (C=O) groups excluding carboxylic acids is 3. The minimum atomic E-state index is -0.327. The Balaban J connectivity index is 1.49. The lowest BCUT2D eigenvalue weighted by atomic mass is 10.0. The number of nitrogens with one attached hydrogen (secondary N) is 2. The molecule has 0 radical (unpaired) electrons. The monoisotopic (exact) mass is 340 g/mol. The lowest BCUT2D eigenvalue weighted by molar-refractivity contribution is -0.121. The summed E-state index contributed by atoms with van der Waals surface area (Å²) in [6.07, 6.45) is 0.443. The van der Waals surface area contributed by atoms with Crippen molar-refractivity contribution in [1.29, 1.82) is 0 Å². The summed E-state index contributed by atoms with van der Waals surface area (Å²) in [7, 11) is 0. The van der Waals surface area contributed by atoms with E-state index in [1.54, 1.807) is 30.3 Å². The highest BCUT2D eigenvalue weighted by Gasteiger charge is 2.19. The summed E-state index contributed by atoms with van der Waals surface area (Å²) in [5.41, 5.74) is 2.83. The van der Waals surface area contributed by atoms with Crippen LogP contribution in [0.4, 0.5) is 10.1 Å². The van der Waals surface area contributed by atoms with Crippen LogP contribution in [0.15, 0.2) is 42.5 Å². The van der Waals surface area contributed by atoms with E-state index in [1.807, 2.05) is 0 Å². The maximum atomic E-state index is 12.8. The van der Waals surface area contributed by atoms with Gasteiger partial charge >= 0.3 is 0 Å². The van der Waals surface area contributed by atoms with Gasteiger partial charge in [-0.2, -0.15) is 0 Å². The number of rotatable bonds is 6. The summed E-state index contributed by atoms with van der Waals surface area (Å²) in [4.78, 5) is 35.4. The first-order valence-corrected chi connectivity index (χ1v) is 7.98. The first kappa shape index (κ1) is 16.8. The molecule has 1 aliphatic heterocycles. The molecule has 6 heteroatoms. The topological polar surface area (TPSA) is 75.3 Å². The zero-order chi connectivity index (χ0) is 17.8. The number of halogens is 1. The third-order valence-electron chi connectivity index (χ3n) is 4.03. The van der Waals surface area contributed by atoms with Gasteiger partial charge in [-0.3, -0.25) is 14.4 Å². The predicted molar refractivity (Wildman–Crippen MR) is 90.6 cm³/mol. The number of hydrogen-bond acceptors (Lipinski definition) is 3. The second-order valence-corrected chi connectivity index (χ2v) is 5.92. The maximum absolute atomic E-state index is 12.8. The quantitative estimate of drug-likeness (QED) is 0.794. The van der Waals surface area contributed by atoms with Gasteiger partial charge in [-0.05, 0) is 41.5 Å². The number of amides is 2. The van der Waals surface area contributed by atoms with Crippen LogP contribution >= 0.6 is 0 Å². The van der Waals surface area contributed by atoms with Gasteiger partial charge in [0.15, 0.2) is 5.78 Å². The van der Waals surface area contributed by atoms with Crippen molar-refractivity contribution in [3.63, 3.8) is 0 Å². The van der Waals surface area contributed by atoms with Crippen LogP contribution in [-0.2, 0) is 22.6 Å². The average Bonchev–Trinajstić information content (AvgIpc) is 2.98. The molecule has 1 heterocycles. The molecule has 0 aromatic heterocycles.